The highest BCUT2D eigenvalue weighted by molar-refractivity contribution is 5.96. The Labute approximate surface area is 122 Å². The van der Waals surface area contributed by atoms with Crippen molar-refractivity contribution in [3.05, 3.63) is 42.0 Å². The second-order valence-electron chi connectivity index (χ2n) is 5.36. The third-order valence-corrected chi connectivity index (χ3v) is 4.08. The van der Waals surface area contributed by atoms with Crippen molar-refractivity contribution < 1.29 is 19.4 Å². The number of carbonyl (C=O) groups excluding carboxylic acids is 2. The molecule has 5 heteroatoms. The van der Waals surface area contributed by atoms with E-state index in [4.69, 9.17) is 4.74 Å². The van der Waals surface area contributed by atoms with E-state index in [-0.39, 0.29) is 5.91 Å². The van der Waals surface area contributed by atoms with Crippen molar-refractivity contribution >= 4 is 17.6 Å². The molecule has 0 aromatic heterocycles. The number of amides is 1. The first-order valence-corrected chi connectivity index (χ1v) is 7.04. The normalized spacial score (nSPS) is 29.6. The van der Waals surface area contributed by atoms with Gasteiger partial charge in [-0.1, -0.05) is 31.2 Å². The molecule has 1 saturated heterocycles. The molecule has 2 aliphatic heterocycles. The van der Waals surface area contributed by atoms with Crippen LogP contribution in [0.25, 0.3) is 0 Å². The van der Waals surface area contributed by atoms with Crippen LogP contribution in [0.15, 0.2) is 36.4 Å². The highest BCUT2D eigenvalue weighted by atomic mass is 16.5. The van der Waals surface area contributed by atoms with Crippen molar-refractivity contribution in [2.24, 2.45) is 11.8 Å². The molecule has 2 heterocycles. The van der Waals surface area contributed by atoms with Crippen LogP contribution >= 0.6 is 0 Å². The quantitative estimate of drug-likeness (QED) is 0.818. The smallest absolute Gasteiger partial charge is 0.231 e. The molecule has 0 radical (unpaired) electrons. The average Bonchev–Trinajstić information content (AvgIpc) is 3.07. The molecule has 0 spiro atoms. The maximum absolute atomic E-state index is 12.4. The Hall–Kier alpha value is -2.14. The minimum absolute atomic E-state index is 0.339. The minimum Gasteiger partial charge on any atom is -0.550 e. The molecule has 1 aromatic rings. The van der Waals surface area contributed by atoms with Gasteiger partial charge in [0.25, 0.3) is 0 Å². The summed E-state index contributed by atoms with van der Waals surface area (Å²) < 4.78 is 5.47. The molecular formula is C16H16NO4-. The standard InChI is InChI=1S/C16H17NO4/c1-2-9-4-3-5-10(8-9)17-15(18)13-11-6-7-12(21-11)14(13)16(19)20/h3-8,11-14H,2H2,1H3,(H,17,18)(H,19,20)/p-1/t11-,12+,13+,14-/m0/s1. The Balaban J connectivity index is 1.78. The third-order valence-electron chi connectivity index (χ3n) is 4.08. The Morgan fingerprint density at radius 2 is 1.95 bits per heavy atom. The van der Waals surface area contributed by atoms with Gasteiger partial charge in [0.1, 0.15) is 0 Å². The largest absolute Gasteiger partial charge is 0.550 e. The molecule has 21 heavy (non-hydrogen) atoms. The predicted molar refractivity (Wildman–Crippen MR) is 74.2 cm³/mol. The topological polar surface area (TPSA) is 78.5 Å². The van der Waals surface area contributed by atoms with Crippen molar-refractivity contribution in [2.75, 3.05) is 5.32 Å². The van der Waals surface area contributed by atoms with E-state index >= 15 is 0 Å². The first kappa shape index (κ1) is 13.8. The molecule has 0 unspecified atom stereocenters. The van der Waals surface area contributed by atoms with E-state index in [0.717, 1.165) is 12.0 Å². The van der Waals surface area contributed by atoms with E-state index in [2.05, 4.69) is 5.32 Å². The van der Waals surface area contributed by atoms with Gasteiger partial charge in [0.2, 0.25) is 5.91 Å². The van der Waals surface area contributed by atoms with E-state index in [1.807, 2.05) is 25.1 Å². The van der Waals surface area contributed by atoms with E-state index in [9.17, 15) is 14.7 Å². The van der Waals surface area contributed by atoms with Gasteiger partial charge in [-0.3, -0.25) is 4.79 Å². The molecule has 0 saturated carbocycles. The number of ether oxygens (including phenoxy) is 1. The van der Waals surface area contributed by atoms with Gasteiger partial charge in [0.15, 0.2) is 0 Å². The zero-order chi connectivity index (χ0) is 15.0. The molecule has 3 rings (SSSR count). The lowest BCUT2D eigenvalue weighted by Crippen LogP contribution is -2.45. The lowest BCUT2D eigenvalue weighted by atomic mass is 9.82. The van der Waals surface area contributed by atoms with Crippen LogP contribution in [0.1, 0.15) is 12.5 Å². The number of aliphatic carboxylic acids is 1. The first-order valence-electron chi connectivity index (χ1n) is 7.04. The van der Waals surface area contributed by atoms with Crippen LogP contribution in [0.4, 0.5) is 5.69 Å². The van der Waals surface area contributed by atoms with Crippen LogP contribution in [0, 0.1) is 11.8 Å². The number of anilines is 1. The summed E-state index contributed by atoms with van der Waals surface area (Å²) >= 11 is 0. The highest BCUT2D eigenvalue weighted by Crippen LogP contribution is 2.39. The molecule has 2 bridgehead atoms. The number of rotatable bonds is 4. The second kappa shape index (κ2) is 5.33. The van der Waals surface area contributed by atoms with Gasteiger partial charge in [0.05, 0.1) is 18.1 Å². The number of fused-ring (bicyclic) bond motifs is 2. The fraction of sp³-hybridized carbons (Fsp3) is 0.375. The number of carbonyl (C=O) groups is 2. The zero-order valence-electron chi connectivity index (χ0n) is 11.6. The second-order valence-corrected chi connectivity index (χ2v) is 5.36. The van der Waals surface area contributed by atoms with Crippen molar-refractivity contribution in [3.8, 4) is 0 Å². The summed E-state index contributed by atoms with van der Waals surface area (Å²) in [5, 5.41) is 14.0. The maximum atomic E-state index is 12.4. The Kier molecular flexibility index (Phi) is 3.51. The van der Waals surface area contributed by atoms with Gasteiger partial charge < -0.3 is 20.0 Å². The van der Waals surface area contributed by atoms with Gasteiger partial charge >= 0.3 is 0 Å². The van der Waals surface area contributed by atoms with Crippen LogP contribution in [0.3, 0.4) is 0 Å². The van der Waals surface area contributed by atoms with Crippen LogP contribution < -0.4 is 10.4 Å². The SMILES string of the molecule is CCc1cccc(NC(=O)[C@H]2[C@@H](C(=O)[O-])[C@H]3C=C[C@@H]2O3)c1. The van der Waals surface area contributed by atoms with E-state index < -0.39 is 30.0 Å². The molecule has 1 amide bonds. The van der Waals surface area contributed by atoms with Crippen molar-refractivity contribution in [1.29, 1.82) is 0 Å². The molecule has 1 aromatic carbocycles. The summed E-state index contributed by atoms with van der Waals surface area (Å²) in [7, 11) is 0. The van der Waals surface area contributed by atoms with Gasteiger partial charge in [-0.05, 0) is 24.1 Å². The highest BCUT2D eigenvalue weighted by Gasteiger charge is 2.50. The molecule has 110 valence electrons. The van der Waals surface area contributed by atoms with Crippen molar-refractivity contribution in [3.63, 3.8) is 0 Å². The zero-order valence-corrected chi connectivity index (χ0v) is 11.6. The Bertz CT molecular complexity index is 610. The molecule has 1 N–H and O–H groups in total. The number of hydrogen-bond acceptors (Lipinski definition) is 4. The number of carboxylic acid groups (broad SMARTS) is 1. The average molecular weight is 286 g/mol. The molecular weight excluding hydrogens is 270 g/mol. The van der Waals surface area contributed by atoms with Crippen LogP contribution in [-0.2, 0) is 20.7 Å². The first-order chi connectivity index (χ1) is 10.1. The monoisotopic (exact) mass is 286 g/mol. The van der Waals surface area contributed by atoms with Gasteiger partial charge in [-0.2, -0.15) is 0 Å². The Morgan fingerprint density at radius 3 is 2.62 bits per heavy atom. The van der Waals surface area contributed by atoms with Crippen LogP contribution in [-0.4, -0.2) is 24.1 Å². The summed E-state index contributed by atoms with van der Waals surface area (Å²) in [6.07, 6.45) is 3.26. The molecule has 0 aliphatic carbocycles. The summed E-state index contributed by atoms with van der Waals surface area (Å²) in [4.78, 5) is 23.7. The van der Waals surface area contributed by atoms with Crippen LogP contribution in [0.2, 0.25) is 0 Å². The Morgan fingerprint density at radius 1 is 1.24 bits per heavy atom. The summed E-state index contributed by atoms with van der Waals surface area (Å²) in [6.45, 7) is 2.03. The number of carboxylic acids is 1. The number of aryl methyl sites for hydroxylation is 1. The predicted octanol–water partition coefficient (Wildman–Crippen LogP) is 0.507. The lowest BCUT2D eigenvalue weighted by Gasteiger charge is -2.25. The van der Waals surface area contributed by atoms with E-state index in [1.54, 1.807) is 18.2 Å². The number of nitrogens with one attached hydrogen (secondary N) is 1. The molecule has 5 nitrogen and oxygen atoms in total. The van der Waals surface area contributed by atoms with Gasteiger partial charge in [0, 0.05) is 17.6 Å². The van der Waals surface area contributed by atoms with Gasteiger partial charge in [-0.25, -0.2) is 0 Å². The van der Waals surface area contributed by atoms with Crippen molar-refractivity contribution in [2.45, 2.75) is 25.6 Å². The van der Waals surface area contributed by atoms with Crippen LogP contribution in [0.5, 0.6) is 0 Å². The summed E-state index contributed by atoms with van der Waals surface area (Å²) in [5.41, 5.74) is 1.77. The van der Waals surface area contributed by atoms with E-state index in [1.165, 1.54) is 0 Å². The molecule has 4 atom stereocenters. The number of hydrogen-bond donors (Lipinski definition) is 1. The molecule has 2 aliphatic rings. The maximum Gasteiger partial charge on any atom is 0.231 e. The summed E-state index contributed by atoms with van der Waals surface area (Å²) in [5.74, 6) is -3.24. The van der Waals surface area contributed by atoms with Crippen molar-refractivity contribution in [1.82, 2.24) is 0 Å². The molecule has 1 fully saturated rings. The van der Waals surface area contributed by atoms with Gasteiger partial charge in [-0.15, -0.1) is 0 Å². The number of benzene rings is 1. The lowest BCUT2D eigenvalue weighted by molar-refractivity contribution is -0.313. The fourth-order valence-corrected chi connectivity index (χ4v) is 3.00. The summed E-state index contributed by atoms with van der Waals surface area (Å²) in [6, 6.07) is 7.51. The fourth-order valence-electron chi connectivity index (χ4n) is 3.00. The third kappa shape index (κ3) is 2.45. The van der Waals surface area contributed by atoms with E-state index in [0.29, 0.717) is 5.69 Å². The minimum atomic E-state index is -1.24.